The Kier molecular flexibility index (Phi) is 7.60. The molecule has 1 heterocycles. The van der Waals surface area contributed by atoms with Gasteiger partial charge in [-0.15, -0.1) is 0 Å². The van der Waals surface area contributed by atoms with Crippen LogP contribution in [0, 0.1) is 0 Å². The minimum atomic E-state index is -0.685. The van der Waals surface area contributed by atoms with E-state index >= 15 is 0 Å². The molecule has 0 bridgehead atoms. The Labute approximate surface area is 177 Å². The topological polar surface area (TPSA) is 92.8 Å². The summed E-state index contributed by atoms with van der Waals surface area (Å²) in [4.78, 5) is 51.0. The van der Waals surface area contributed by atoms with Crippen molar-refractivity contribution in [3.63, 3.8) is 0 Å². The Morgan fingerprint density at radius 1 is 1.03 bits per heavy atom. The maximum Gasteiger partial charge on any atom is 0.338 e. The van der Waals surface area contributed by atoms with Gasteiger partial charge in [0.2, 0.25) is 0 Å². The van der Waals surface area contributed by atoms with Gasteiger partial charge in [0.05, 0.1) is 16.7 Å². The monoisotopic (exact) mass is 414 g/mol. The smallest absolute Gasteiger partial charge is 0.338 e. The zero-order valence-electron chi connectivity index (χ0n) is 17.6. The molecule has 1 aliphatic carbocycles. The van der Waals surface area contributed by atoms with Crippen molar-refractivity contribution in [1.82, 2.24) is 10.2 Å². The van der Waals surface area contributed by atoms with Crippen LogP contribution >= 0.6 is 0 Å². The molecular formula is C23H30N2O5. The van der Waals surface area contributed by atoms with E-state index in [0.29, 0.717) is 12.1 Å². The van der Waals surface area contributed by atoms with E-state index < -0.39 is 5.97 Å². The summed E-state index contributed by atoms with van der Waals surface area (Å²) in [7, 11) is 0. The van der Waals surface area contributed by atoms with Gasteiger partial charge in [0.1, 0.15) is 0 Å². The summed E-state index contributed by atoms with van der Waals surface area (Å²) >= 11 is 0. The van der Waals surface area contributed by atoms with Crippen LogP contribution in [-0.2, 0) is 9.53 Å². The second kappa shape index (κ2) is 10.4. The number of nitrogens with zero attached hydrogens (tertiary/aromatic N) is 1. The van der Waals surface area contributed by atoms with E-state index in [1.165, 1.54) is 23.1 Å². The maximum atomic E-state index is 12.8. The van der Waals surface area contributed by atoms with Gasteiger partial charge in [-0.1, -0.05) is 45.4 Å². The number of carbonyl (C=O) groups is 4. The van der Waals surface area contributed by atoms with Crippen molar-refractivity contribution in [1.29, 1.82) is 0 Å². The number of ether oxygens (including phenoxy) is 1. The summed E-state index contributed by atoms with van der Waals surface area (Å²) in [5.41, 5.74) is 0.725. The molecule has 162 valence electrons. The SMILES string of the molecule is CCCCCCNC(=O)COC(=O)c1ccc2c(c1)C(=O)N(C1CCCCC1)C2=O. The van der Waals surface area contributed by atoms with Gasteiger partial charge in [-0.3, -0.25) is 19.3 Å². The fraction of sp³-hybridized carbons (Fsp3) is 0.565. The highest BCUT2D eigenvalue weighted by Crippen LogP contribution is 2.31. The summed E-state index contributed by atoms with van der Waals surface area (Å²) in [5.74, 6) is -1.67. The van der Waals surface area contributed by atoms with Crippen LogP contribution in [0.15, 0.2) is 18.2 Å². The summed E-state index contributed by atoms with van der Waals surface area (Å²) in [5, 5.41) is 2.72. The number of fused-ring (bicyclic) bond motifs is 1. The van der Waals surface area contributed by atoms with E-state index in [-0.39, 0.29) is 41.5 Å². The third kappa shape index (κ3) is 5.07. The number of esters is 1. The third-order valence-corrected chi connectivity index (χ3v) is 5.78. The lowest BCUT2D eigenvalue weighted by Crippen LogP contribution is -2.40. The van der Waals surface area contributed by atoms with Crippen LogP contribution < -0.4 is 5.32 Å². The van der Waals surface area contributed by atoms with Gasteiger partial charge in [0.15, 0.2) is 6.61 Å². The molecule has 1 aromatic carbocycles. The molecular weight excluding hydrogens is 384 g/mol. The quantitative estimate of drug-likeness (QED) is 0.379. The van der Waals surface area contributed by atoms with Crippen LogP contribution in [0.25, 0.3) is 0 Å². The van der Waals surface area contributed by atoms with Crippen LogP contribution in [0.4, 0.5) is 0 Å². The molecule has 7 heteroatoms. The van der Waals surface area contributed by atoms with E-state index in [0.717, 1.165) is 57.8 Å². The fourth-order valence-electron chi connectivity index (χ4n) is 4.10. The Morgan fingerprint density at radius 3 is 2.50 bits per heavy atom. The van der Waals surface area contributed by atoms with Gasteiger partial charge in [-0.25, -0.2) is 4.79 Å². The normalized spacial score (nSPS) is 16.5. The molecule has 0 atom stereocenters. The predicted octanol–water partition coefficient (Wildman–Crippen LogP) is 3.47. The van der Waals surface area contributed by atoms with Gasteiger partial charge in [-0.05, 0) is 37.5 Å². The number of hydrogen-bond donors (Lipinski definition) is 1. The zero-order chi connectivity index (χ0) is 21.5. The first-order valence-corrected chi connectivity index (χ1v) is 11.0. The zero-order valence-corrected chi connectivity index (χ0v) is 17.6. The molecule has 1 aliphatic heterocycles. The minimum absolute atomic E-state index is 0.0671. The molecule has 1 saturated carbocycles. The van der Waals surface area contributed by atoms with Crippen LogP contribution in [0.3, 0.4) is 0 Å². The van der Waals surface area contributed by atoms with Crippen molar-refractivity contribution in [2.45, 2.75) is 70.8 Å². The molecule has 0 spiro atoms. The molecule has 0 aromatic heterocycles. The Balaban J connectivity index is 1.56. The number of imide groups is 1. The molecule has 0 unspecified atom stereocenters. The lowest BCUT2D eigenvalue weighted by Gasteiger charge is -2.29. The van der Waals surface area contributed by atoms with Crippen LogP contribution in [0.2, 0.25) is 0 Å². The largest absolute Gasteiger partial charge is 0.452 e. The molecule has 3 rings (SSSR count). The molecule has 3 amide bonds. The standard InChI is InChI=1S/C23H30N2O5/c1-2-3-4-8-13-24-20(26)15-30-23(29)16-11-12-18-19(14-16)22(28)25(21(18)27)17-9-6-5-7-10-17/h11-12,14,17H,2-10,13,15H2,1H3,(H,24,26). The van der Waals surface area contributed by atoms with Crippen LogP contribution in [-0.4, -0.2) is 47.8 Å². The summed E-state index contributed by atoms with van der Waals surface area (Å²) < 4.78 is 5.07. The predicted molar refractivity (Wildman–Crippen MR) is 111 cm³/mol. The van der Waals surface area contributed by atoms with Crippen LogP contribution in [0.1, 0.15) is 95.8 Å². The lowest BCUT2D eigenvalue weighted by molar-refractivity contribution is -0.124. The number of amides is 3. The highest BCUT2D eigenvalue weighted by atomic mass is 16.5. The molecule has 30 heavy (non-hydrogen) atoms. The van der Waals surface area contributed by atoms with Crippen LogP contribution in [0.5, 0.6) is 0 Å². The van der Waals surface area contributed by atoms with Crippen molar-refractivity contribution >= 4 is 23.7 Å². The first kappa shape index (κ1) is 22.0. The summed E-state index contributed by atoms with van der Waals surface area (Å²) in [6.07, 6.45) is 9.00. The van der Waals surface area contributed by atoms with Crippen molar-refractivity contribution in [2.75, 3.05) is 13.2 Å². The van der Waals surface area contributed by atoms with Gasteiger partial charge < -0.3 is 10.1 Å². The minimum Gasteiger partial charge on any atom is -0.452 e. The Bertz CT molecular complexity index is 814. The molecule has 0 radical (unpaired) electrons. The average Bonchev–Trinajstić information content (AvgIpc) is 3.02. The number of carbonyl (C=O) groups excluding carboxylic acids is 4. The Hall–Kier alpha value is -2.70. The summed E-state index contributed by atoms with van der Waals surface area (Å²) in [6.45, 7) is 2.31. The maximum absolute atomic E-state index is 12.8. The van der Waals surface area contributed by atoms with Crippen molar-refractivity contribution in [3.8, 4) is 0 Å². The van der Waals surface area contributed by atoms with E-state index in [1.807, 2.05) is 0 Å². The third-order valence-electron chi connectivity index (χ3n) is 5.78. The highest BCUT2D eigenvalue weighted by molar-refractivity contribution is 6.22. The number of hydrogen-bond acceptors (Lipinski definition) is 5. The van der Waals surface area contributed by atoms with Gasteiger partial charge >= 0.3 is 5.97 Å². The van der Waals surface area contributed by atoms with Crippen molar-refractivity contribution < 1.29 is 23.9 Å². The van der Waals surface area contributed by atoms with Crippen molar-refractivity contribution in [3.05, 3.63) is 34.9 Å². The van der Waals surface area contributed by atoms with Gasteiger partial charge in [0, 0.05) is 12.6 Å². The molecule has 0 saturated heterocycles. The van der Waals surface area contributed by atoms with Gasteiger partial charge in [-0.2, -0.15) is 0 Å². The molecule has 1 aromatic rings. The first-order valence-electron chi connectivity index (χ1n) is 11.0. The van der Waals surface area contributed by atoms with E-state index in [9.17, 15) is 19.2 Å². The number of benzene rings is 1. The molecule has 2 aliphatic rings. The first-order chi connectivity index (χ1) is 14.5. The average molecular weight is 415 g/mol. The number of unbranched alkanes of at least 4 members (excludes halogenated alkanes) is 3. The second-order valence-corrected chi connectivity index (χ2v) is 8.02. The number of nitrogens with one attached hydrogen (secondary N) is 1. The number of rotatable bonds is 9. The fourth-order valence-corrected chi connectivity index (χ4v) is 4.10. The van der Waals surface area contributed by atoms with Crippen molar-refractivity contribution in [2.24, 2.45) is 0 Å². The lowest BCUT2D eigenvalue weighted by atomic mass is 9.94. The van der Waals surface area contributed by atoms with E-state index in [1.54, 1.807) is 0 Å². The highest BCUT2D eigenvalue weighted by Gasteiger charge is 2.40. The molecule has 1 N–H and O–H groups in total. The van der Waals surface area contributed by atoms with E-state index in [4.69, 9.17) is 4.74 Å². The molecule has 7 nitrogen and oxygen atoms in total. The Morgan fingerprint density at radius 2 is 1.77 bits per heavy atom. The van der Waals surface area contributed by atoms with Gasteiger partial charge in [0.25, 0.3) is 17.7 Å². The van der Waals surface area contributed by atoms with E-state index in [2.05, 4.69) is 12.2 Å². The second-order valence-electron chi connectivity index (χ2n) is 8.02. The molecule has 1 fully saturated rings. The summed E-state index contributed by atoms with van der Waals surface area (Å²) in [6, 6.07) is 4.31.